The Labute approximate surface area is 228 Å². The van der Waals surface area contributed by atoms with E-state index < -0.39 is 40.1 Å². The Kier molecular flexibility index (Phi) is 8.97. The first kappa shape index (κ1) is 29.3. The smallest absolute Gasteiger partial charge is 0.319 e. The van der Waals surface area contributed by atoms with Crippen molar-refractivity contribution in [1.29, 1.82) is 5.26 Å². The molecule has 14 heteroatoms. The van der Waals surface area contributed by atoms with Crippen molar-refractivity contribution in [3.63, 3.8) is 0 Å². The molecule has 0 fully saturated rings. The number of nitrogens with one attached hydrogen (secondary N) is 1. The van der Waals surface area contributed by atoms with E-state index in [0.29, 0.717) is 10.7 Å². The quantitative estimate of drug-likeness (QED) is 0.356. The third-order valence-corrected chi connectivity index (χ3v) is 7.92. The van der Waals surface area contributed by atoms with Gasteiger partial charge >= 0.3 is 6.18 Å². The molecule has 0 radical (unpaired) electrons. The van der Waals surface area contributed by atoms with E-state index in [1.165, 1.54) is 30.5 Å². The van der Waals surface area contributed by atoms with Crippen LogP contribution in [0.1, 0.15) is 59.8 Å². The van der Waals surface area contributed by atoms with Crippen LogP contribution in [0.5, 0.6) is 0 Å². The summed E-state index contributed by atoms with van der Waals surface area (Å²) in [5.74, 6) is -2.03. The van der Waals surface area contributed by atoms with Crippen LogP contribution in [-0.4, -0.2) is 37.1 Å². The Morgan fingerprint density at radius 2 is 1.79 bits per heavy atom. The highest BCUT2D eigenvalue weighted by Crippen LogP contribution is 2.33. The number of hydrogen-bond donors (Lipinski definition) is 1. The number of carbonyl (C=O) groups is 2. The van der Waals surface area contributed by atoms with E-state index in [4.69, 9.17) is 23.2 Å². The number of nitrogens with zero attached hydrogens (tertiary/aromatic N) is 5. The molecule has 0 bridgehead atoms. The SMILES string of the molecule is CC(C)S(=NC(=O)c1cc(C#N)cc(Cl)c1NC(=O)c1cc(C(F)(F)F)nn1-c1ncccc1Cl)C(C)C. The normalized spacial score (nSPS) is 11.7. The number of rotatable bonds is 6. The number of aromatic nitrogens is 3. The molecule has 1 aromatic carbocycles. The zero-order valence-corrected chi connectivity index (χ0v) is 22.8. The Hall–Kier alpha value is -3.27. The number of anilines is 1. The second-order valence-electron chi connectivity index (χ2n) is 8.42. The van der Waals surface area contributed by atoms with Gasteiger partial charge in [-0.25, -0.2) is 9.67 Å². The standard InChI is InChI=1S/C24H21Cl2F3N6O2S/c1-12(2)38(13(3)4)34-22(36)15-8-14(11-30)9-17(26)20(15)32-23(37)18-10-19(24(27,28)29)33-35(18)21-16(25)6-5-7-31-21/h5-10,12-13H,1-4H3,(H,32,37). The molecule has 0 aliphatic rings. The summed E-state index contributed by atoms with van der Waals surface area (Å²) in [5.41, 5.74) is -2.30. The van der Waals surface area contributed by atoms with Gasteiger partial charge in [-0.3, -0.25) is 9.59 Å². The van der Waals surface area contributed by atoms with Crippen LogP contribution in [-0.2, 0) is 16.9 Å². The van der Waals surface area contributed by atoms with Gasteiger partial charge in [-0.2, -0.15) is 27.9 Å². The molecule has 200 valence electrons. The molecule has 8 nitrogen and oxygen atoms in total. The fraction of sp³-hybridized carbons (Fsp3) is 0.292. The summed E-state index contributed by atoms with van der Waals surface area (Å²) in [5, 5.41) is 15.1. The Bertz CT molecular complexity index is 1470. The summed E-state index contributed by atoms with van der Waals surface area (Å²) in [7, 11) is -0.694. The molecule has 1 N–H and O–H groups in total. The number of carbonyl (C=O) groups excluding carboxylic acids is 2. The number of hydrogen-bond acceptors (Lipinski definition) is 5. The van der Waals surface area contributed by atoms with E-state index >= 15 is 0 Å². The topological polar surface area (TPSA) is 113 Å². The van der Waals surface area contributed by atoms with Crippen LogP contribution in [0.25, 0.3) is 5.82 Å². The molecule has 2 aromatic heterocycles. The minimum Gasteiger partial charge on any atom is -0.319 e. The van der Waals surface area contributed by atoms with Gasteiger partial charge in [0.05, 0.1) is 32.9 Å². The van der Waals surface area contributed by atoms with E-state index in [1.54, 1.807) is 0 Å². The summed E-state index contributed by atoms with van der Waals surface area (Å²) >= 11 is 12.4. The van der Waals surface area contributed by atoms with Crippen LogP contribution >= 0.6 is 23.2 Å². The number of alkyl halides is 3. The van der Waals surface area contributed by atoms with Crippen molar-refractivity contribution in [2.45, 2.75) is 44.4 Å². The van der Waals surface area contributed by atoms with Gasteiger partial charge in [0.25, 0.3) is 11.8 Å². The molecule has 3 aromatic rings. The first-order valence-electron chi connectivity index (χ1n) is 11.1. The number of halogens is 5. The molecule has 0 aliphatic carbocycles. The van der Waals surface area contributed by atoms with E-state index in [2.05, 4.69) is 19.8 Å². The summed E-state index contributed by atoms with van der Waals surface area (Å²) < 4.78 is 45.4. The zero-order chi connectivity index (χ0) is 28.4. The van der Waals surface area contributed by atoms with Crippen molar-refractivity contribution < 1.29 is 22.8 Å². The lowest BCUT2D eigenvalue weighted by atomic mass is 10.1. The number of nitriles is 1. The van der Waals surface area contributed by atoms with Crippen LogP contribution < -0.4 is 5.32 Å². The van der Waals surface area contributed by atoms with Gasteiger partial charge in [0.2, 0.25) is 0 Å². The van der Waals surface area contributed by atoms with Crippen LogP contribution in [0.15, 0.2) is 40.9 Å². The van der Waals surface area contributed by atoms with Crippen molar-refractivity contribution >= 4 is 51.4 Å². The molecule has 0 aliphatic heterocycles. The molecule has 2 heterocycles. The maximum atomic E-state index is 13.5. The monoisotopic (exact) mass is 584 g/mol. The number of benzene rings is 1. The lowest BCUT2D eigenvalue weighted by Gasteiger charge is -2.16. The predicted molar refractivity (Wildman–Crippen MR) is 140 cm³/mol. The first-order valence-corrected chi connectivity index (χ1v) is 13.1. The van der Waals surface area contributed by atoms with Gasteiger partial charge in [-0.1, -0.05) is 61.6 Å². The second-order valence-corrected chi connectivity index (χ2v) is 12.0. The minimum absolute atomic E-state index is 0.0323. The Morgan fingerprint density at radius 3 is 2.34 bits per heavy atom. The zero-order valence-electron chi connectivity index (χ0n) is 20.5. The van der Waals surface area contributed by atoms with Crippen LogP contribution in [0, 0.1) is 11.3 Å². The largest absolute Gasteiger partial charge is 0.435 e. The molecule has 0 saturated heterocycles. The molecule has 2 amide bonds. The van der Waals surface area contributed by atoms with E-state index in [0.717, 1.165) is 0 Å². The lowest BCUT2D eigenvalue weighted by Crippen LogP contribution is -2.21. The molecule has 0 spiro atoms. The summed E-state index contributed by atoms with van der Waals surface area (Å²) in [4.78, 5) is 30.5. The van der Waals surface area contributed by atoms with Gasteiger partial charge in [0, 0.05) is 22.8 Å². The first-order chi connectivity index (χ1) is 17.7. The van der Waals surface area contributed by atoms with E-state index in [9.17, 15) is 28.0 Å². The van der Waals surface area contributed by atoms with Crippen LogP contribution in [0.4, 0.5) is 18.9 Å². The van der Waals surface area contributed by atoms with Gasteiger partial charge in [-0.05, 0) is 24.3 Å². The second kappa shape index (κ2) is 11.6. The molecule has 0 unspecified atom stereocenters. The van der Waals surface area contributed by atoms with Crippen molar-refractivity contribution in [2.75, 3.05) is 5.32 Å². The molecular formula is C24H21Cl2F3N6O2S. The molecule has 0 saturated carbocycles. The Balaban J connectivity index is 2.15. The van der Waals surface area contributed by atoms with Gasteiger partial charge < -0.3 is 5.32 Å². The fourth-order valence-corrected chi connectivity index (χ4v) is 5.69. The van der Waals surface area contributed by atoms with Crippen molar-refractivity contribution in [2.24, 2.45) is 4.36 Å². The maximum Gasteiger partial charge on any atom is 0.435 e. The minimum atomic E-state index is -4.88. The molecular weight excluding hydrogens is 564 g/mol. The third kappa shape index (κ3) is 6.40. The lowest BCUT2D eigenvalue weighted by molar-refractivity contribution is -0.141. The van der Waals surface area contributed by atoms with Crippen LogP contribution in [0.2, 0.25) is 10.0 Å². The van der Waals surface area contributed by atoms with Gasteiger partial charge in [-0.15, -0.1) is 0 Å². The highest BCUT2D eigenvalue weighted by molar-refractivity contribution is 7.88. The van der Waals surface area contributed by atoms with Crippen molar-refractivity contribution in [1.82, 2.24) is 14.8 Å². The highest BCUT2D eigenvalue weighted by Gasteiger charge is 2.37. The third-order valence-electron chi connectivity index (χ3n) is 5.01. The molecule has 0 atom stereocenters. The van der Waals surface area contributed by atoms with Gasteiger partial charge in [0.15, 0.2) is 11.5 Å². The van der Waals surface area contributed by atoms with Crippen molar-refractivity contribution in [3.05, 3.63) is 69.1 Å². The predicted octanol–water partition coefficient (Wildman–Crippen LogP) is 6.48. The molecule has 38 heavy (non-hydrogen) atoms. The summed E-state index contributed by atoms with van der Waals surface area (Å²) in [6.07, 6.45) is -3.61. The van der Waals surface area contributed by atoms with Crippen molar-refractivity contribution in [3.8, 4) is 11.9 Å². The highest BCUT2D eigenvalue weighted by atomic mass is 35.5. The fourth-order valence-electron chi connectivity index (χ4n) is 3.42. The van der Waals surface area contributed by atoms with E-state index in [-0.39, 0.29) is 43.2 Å². The Morgan fingerprint density at radius 1 is 1.13 bits per heavy atom. The maximum absolute atomic E-state index is 13.5. The van der Waals surface area contributed by atoms with E-state index in [1.807, 2.05) is 33.8 Å². The van der Waals surface area contributed by atoms with Crippen LogP contribution in [0.3, 0.4) is 0 Å². The summed E-state index contributed by atoms with van der Waals surface area (Å²) in [6.45, 7) is 7.62. The average Bonchev–Trinajstić information content (AvgIpc) is 3.29. The summed E-state index contributed by atoms with van der Waals surface area (Å²) in [6, 6.07) is 7.66. The average molecular weight is 585 g/mol. The van der Waals surface area contributed by atoms with Gasteiger partial charge in [0.1, 0.15) is 5.69 Å². The number of amides is 2. The number of pyridine rings is 1. The molecule has 3 rings (SSSR count).